The topological polar surface area (TPSA) is 77.4 Å². The summed E-state index contributed by atoms with van der Waals surface area (Å²) in [5.41, 5.74) is 0. The van der Waals surface area contributed by atoms with E-state index in [9.17, 15) is 13.0 Å². The van der Waals surface area contributed by atoms with E-state index >= 15 is 0 Å². The van der Waals surface area contributed by atoms with Gasteiger partial charge in [-0.2, -0.15) is 0 Å². The molecule has 0 spiro atoms. The van der Waals surface area contributed by atoms with Crippen LogP contribution in [-0.4, -0.2) is 29.9 Å². The van der Waals surface area contributed by atoms with Crippen LogP contribution in [0.3, 0.4) is 0 Å². The second kappa shape index (κ2) is 16.4. The van der Waals surface area contributed by atoms with Crippen molar-refractivity contribution < 1.29 is 69.5 Å². The minimum absolute atomic E-state index is 0. The fourth-order valence-corrected chi connectivity index (χ4v) is 2.87. The van der Waals surface area contributed by atoms with Crippen LogP contribution < -0.4 is 51.4 Å². The average molecular weight is 347 g/mol. The Balaban J connectivity index is 0. The zero-order chi connectivity index (χ0) is 15.3. The van der Waals surface area contributed by atoms with Crippen LogP contribution in [0.2, 0.25) is 0 Å². The van der Waals surface area contributed by atoms with E-state index in [0.717, 1.165) is 32.1 Å². The Morgan fingerprint density at radius 2 is 1.14 bits per heavy atom. The summed E-state index contributed by atoms with van der Waals surface area (Å²) in [7, 11) is -4.01. The number of rotatable bonds is 14. The first-order valence-electron chi connectivity index (χ1n) is 8.03. The molecule has 6 heteroatoms. The third-order valence-electron chi connectivity index (χ3n) is 3.52. The Bertz CT molecular complexity index is 305. The van der Waals surface area contributed by atoms with Crippen molar-refractivity contribution in [2.24, 2.45) is 0 Å². The van der Waals surface area contributed by atoms with Crippen molar-refractivity contribution in [3.63, 3.8) is 0 Å². The molecular weight excluding hydrogens is 315 g/mol. The van der Waals surface area contributed by atoms with Crippen LogP contribution in [0.25, 0.3) is 0 Å². The van der Waals surface area contributed by atoms with Crippen molar-refractivity contribution in [1.82, 2.24) is 0 Å². The SMILES string of the molecule is CC(O)CCCCCCCCCCCCCS(=O)(=O)[O-].[K+]. The Morgan fingerprint density at radius 1 is 0.810 bits per heavy atom. The molecule has 0 saturated heterocycles. The van der Waals surface area contributed by atoms with Gasteiger partial charge in [0.2, 0.25) is 0 Å². The molecule has 1 N–H and O–H groups in total. The standard InChI is InChI=1S/C15H32O4S.K/c1-15(16)13-11-9-7-5-3-2-4-6-8-10-12-14-20(17,18)19;/h15-16H,2-14H2,1H3,(H,17,18,19);/q;+1/p-1. The molecule has 0 aliphatic heterocycles. The van der Waals surface area contributed by atoms with E-state index in [1.165, 1.54) is 38.5 Å². The molecule has 0 aliphatic rings. The van der Waals surface area contributed by atoms with Crippen molar-refractivity contribution in [2.75, 3.05) is 5.75 Å². The summed E-state index contributed by atoms with van der Waals surface area (Å²) in [6, 6.07) is 0. The van der Waals surface area contributed by atoms with E-state index in [0.29, 0.717) is 6.42 Å². The summed E-state index contributed by atoms with van der Waals surface area (Å²) in [6.07, 6.45) is 12.9. The molecule has 0 rings (SSSR count). The predicted octanol–water partition coefficient (Wildman–Crippen LogP) is 0.598. The normalized spacial score (nSPS) is 12.9. The van der Waals surface area contributed by atoms with Crippen molar-refractivity contribution in [3.8, 4) is 0 Å². The van der Waals surface area contributed by atoms with E-state index in [1.807, 2.05) is 6.92 Å². The molecular formula is C15H31KO4S. The molecule has 0 aromatic heterocycles. The number of hydrogen-bond donors (Lipinski definition) is 1. The molecule has 0 aliphatic carbocycles. The van der Waals surface area contributed by atoms with Gasteiger partial charge in [-0.1, -0.05) is 64.2 Å². The molecule has 0 bridgehead atoms. The summed E-state index contributed by atoms with van der Waals surface area (Å²) in [6.45, 7) is 1.84. The molecule has 0 amide bonds. The van der Waals surface area contributed by atoms with E-state index in [4.69, 9.17) is 5.11 Å². The van der Waals surface area contributed by atoms with Crippen molar-refractivity contribution in [3.05, 3.63) is 0 Å². The van der Waals surface area contributed by atoms with Crippen LogP contribution in [0.5, 0.6) is 0 Å². The first-order valence-corrected chi connectivity index (χ1v) is 9.61. The first kappa shape index (κ1) is 24.8. The second-order valence-corrected chi connectivity index (χ2v) is 7.31. The molecule has 0 aromatic rings. The van der Waals surface area contributed by atoms with E-state index < -0.39 is 10.1 Å². The zero-order valence-corrected chi connectivity index (χ0v) is 17.8. The predicted molar refractivity (Wildman–Crippen MR) is 81.6 cm³/mol. The van der Waals surface area contributed by atoms with Crippen LogP contribution in [-0.2, 0) is 10.1 Å². The molecule has 0 saturated carbocycles. The first-order chi connectivity index (χ1) is 9.42. The summed E-state index contributed by atoms with van der Waals surface area (Å²) in [5.74, 6) is -0.209. The number of hydrogen-bond acceptors (Lipinski definition) is 4. The van der Waals surface area contributed by atoms with Crippen LogP contribution in [0.15, 0.2) is 0 Å². The summed E-state index contributed by atoms with van der Waals surface area (Å²) in [4.78, 5) is 0. The average Bonchev–Trinajstić information content (AvgIpc) is 2.33. The van der Waals surface area contributed by atoms with Gasteiger partial charge >= 0.3 is 51.4 Å². The maximum Gasteiger partial charge on any atom is 1.00 e. The molecule has 0 radical (unpaired) electrons. The Hall–Kier alpha value is 1.51. The van der Waals surface area contributed by atoms with Crippen molar-refractivity contribution >= 4 is 10.1 Å². The van der Waals surface area contributed by atoms with Gasteiger partial charge in [-0.15, -0.1) is 0 Å². The molecule has 0 aromatic carbocycles. The summed E-state index contributed by atoms with van der Waals surface area (Å²) >= 11 is 0. The molecule has 0 fully saturated rings. The maximum atomic E-state index is 10.4. The third-order valence-corrected chi connectivity index (χ3v) is 4.30. The zero-order valence-electron chi connectivity index (χ0n) is 13.8. The number of aliphatic hydroxyl groups is 1. The van der Waals surface area contributed by atoms with Crippen molar-refractivity contribution in [2.45, 2.75) is 90.1 Å². The fraction of sp³-hybridized carbons (Fsp3) is 1.00. The molecule has 21 heavy (non-hydrogen) atoms. The summed E-state index contributed by atoms with van der Waals surface area (Å²) < 4.78 is 31.1. The maximum absolute atomic E-state index is 10.4. The van der Waals surface area contributed by atoms with Gasteiger partial charge in [0, 0.05) is 5.75 Å². The van der Waals surface area contributed by atoms with E-state index in [2.05, 4.69) is 0 Å². The third kappa shape index (κ3) is 23.9. The van der Waals surface area contributed by atoms with Gasteiger partial charge in [-0.25, -0.2) is 8.42 Å². The monoisotopic (exact) mass is 346 g/mol. The van der Waals surface area contributed by atoms with Gasteiger partial charge in [0.05, 0.1) is 16.2 Å². The smallest absolute Gasteiger partial charge is 0.748 e. The molecule has 1 unspecified atom stereocenters. The largest absolute Gasteiger partial charge is 1.00 e. The van der Waals surface area contributed by atoms with Crippen LogP contribution in [0.1, 0.15) is 84.0 Å². The molecule has 122 valence electrons. The fourth-order valence-electron chi connectivity index (χ4n) is 2.31. The van der Waals surface area contributed by atoms with Gasteiger partial charge < -0.3 is 9.66 Å². The van der Waals surface area contributed by atoms with Crippen molar-refractivity contribution in [1.29, 1.82) is 0 Å². The van der Waals surface area contributed by atoms with Gasteiger partial charge in [0.15, 0.2) is 0 Å². The molecule has 1 atom stereocenters. The molecule has 4 nitrogen and oxygen atoms in total. The van der Waals surface area contributed by atoms with Crippen LogP contribution >= 0.6 is 0 Å². The Labute approximate surface area is 173 Å². The van der Waals surface area contributed by atoms with Gasteiger partial charge in [0.1, 0.15) is 0 Å². The second-order valence-electron chi connectivity index (χ2n) is 5.79. The number of aliphatic hydroxyl groups excluding tert-OH is 1. The minimum atomic E-state index is -4.01. The van der Waals surface area contributed by atoms with E-state index in [1.54, 1.807) is 0 Å². The quantitative estimate of drug-likeness (QED) is 0.284. The van der Waals surface area contributed by atoms with E-state index in [-0.39, 0.29) is 63.2 Å². The van der Waals surface area contributed by atoms with Crippen LogP contribution in [0, 0.1) is 0 Å². The Morgan fingerprint density at radius 3 is 1.48 bits per heavy atom. The van der Waals surface area contributed by atoms with Gasteiger partial charge in [0.25, 0.3) is 0 Å². The summed E-state index contributed by atoms with van der Waals surface area (Å²) in [5, 5.41) is 9.11. The molecule has 0 heterocycles. The Kier molecular flexibility index (Phi) is 19.3. The van der Waals surface area contributed by atoms with Gasteiger partial charge in [-0.3, -0.25) is 0 Å². The number of unbranched alkanes of at least 4 members (excludes halogenated alkanes) is 10. The minimum Gasteiger partial charge on any atom is -0.748 e. The van der Waals surface area contributed by atoms with Crippen LogP contribution in [0.4, 0.5) is 0 Å². The van der Waals surface area contributed by atoms with Gasteiger partial charge in [-0.05, 0) is 19.8 Å².